The van der Waals surface area contributed by atoms with Crippen molar-refractivity contribution in [3.63, 3.8) is 0 Å². The van der Waals surface area contributed by atoms with Crippen molar-refractivity contribution in [2.45, 2.75) is 0 Å². The third kappa shape index (κ3) is 14.7. The fraction of sp³-hybridized carbons (Fsp3) is 0. The molecule has 378 valence electrons. The van der Waals surface area contributed by atoms with Crippen molar-refractivity contribution in [3.8, 4) is 101 Å². The van der Waals surface area contributed by atoms with Crippen LogP contribution in [0.4, 0.5) is 0 Å². The largest absolute Gasteiger partial charge is 4.00 e. The minimum Gasteiger partial charge on any atom is -1.00 e. The summed E-state index contributed by atoms with van der Waals surface area (Å²) in [6.07, 6.45) is 11.0. The average Bonchev–Trinajstić information content (AvgIpc) is 3.51. The van der Waals surface area contributed by atoms with Crippen LogP contribution in [0, 0.1) is 0 Å². The van der Waals surface area contributed by atoms with Gasteiger partial charge in [0.25, 0.3) is 0 Å². The molecule has 0 amide bonds. The second kappa shape index (κ2) is 30.5. The smallest absolute Gasteiger partial charge is 1.00 e. The van der Waals surface area contributed by atoms with Crippen LogP contribution in [0.3, 0.4) is 0 Å². The van der Waals surface area contributed by atoms with E-state index in [1.54, 1.807) is 18.6 Å². The molecule has 0 saturated heterocycles. The number of halogens is 4. The van der Waals surface area contributed by atoms with Crippen LogP contribution in [0.2, 0.25) is 0 Å². The number of pyridine rings is 6. The van der Waals surface area contributed by atoms with Gasteiger partial charge >= 0.3 is 19.5 Å². The Hall–Kier alpha value is -8.00. The monoisotopic (exact) mass is 1170 g/mol. The van der Waals surface area contributed by atoms with E-state index in [-0.39, 0.29) is 69.1 Å². The summed E-state index contributed by atoms with van der Waals surface area (Å²) in [5.41, 5.74) is 19.2. The zero-order valence-electron chi connectivity index (χ0n) is 41.3. The molecule has 0 aliphatic rings. The Labute approximate surface area is 488 Å². The summed E-state index contributed by atoms with van der Waals surface area (Å²) in [6, 6.07) is 86.4. The van der Waals surface area contributed by atoms with Crippen LogP contribution in [0.25, 0.3) is 101 Å². The molecule has 0 bridgehead atoms. The fourth-order valence-corrected chi connectivity index (χ4v) is 8.74. The Bertz CT molecular complexity index is 3040. The molecule has 0 saturated carbocycles. The summed E-state index contributed by atoms with van der Waals surface area (Å²) in [6.45, 7) is 0. The first-order valence-corrected chi connectivity index (χ1v) is 23.8. The molecule has 0 unspecified atom stereocenters. The predicted octanol–water partition coefficient (Wildman–Crippen LogP) is 4.45. The molecule has 0 radical (unpaired) electrons. The van der Waals surface area contributed by atoms with Gasteiger partial charge in [-0.05, 0) is 105 Å². The molecule has 0 N–H and O–H groups in total. The number of rotatable bonds is 9. The van der Waals surface area contributed by atoms with Gasteiger partial charge in [0.15, 0.2) is 0 Å². The van der Waals surface area contributed by atoms with Crippen molar-refractivity contribution in [2.75, 3.05) is 0 Å². The van der Waals surface area contributed by atoms with Gasteiger partial charge in [0.2, 0.25) is 0 Å². The molecule has 0 aliphatic carbocycles. The van der Waals surface area contributed by atoms with Crippen molar-refractivity contribution in [3.05, 3.63) is 292 Å². The Morgan fingerprint density at radius 3 is 0.597 bits per heavy atom. The molecule has 6 aromatic carbocycles. The summed E-state index contributed by atoms with van der Waals surface area (Å²) in [5, 5.41) is 0. The van der Waals surface area contributed by atoms with E-state index in [9.17, 15) is 0 Å². The molecule has 0 aliphatic heterocycles. The summed E-state index contributed by atoms with van der Waals surface area (Å²) < 4.78 is 0. The second-order valence-corrected chi connectivity index (χ2v) is 16.6. The van der Waals surface area contributed by atoms with Crippen molar-refractivity contribution < 1.29 is 69.1 Å². The molecule has 6 aromatic heterocycles. The summed E-state index contributed by atoms with van der Waals surface area (Å²) >= 11 is 0. The van der Waals surface area contributed by atoms with E-state index >= 15 is 0 Å². The van der Waals surface area contributed by atoms with Crippen molar-refractivity contribution >= 4 is 0 Å². The SMILES string of the molecule is [Cl-].[Cl-].[Cl-].[Cl-].[Ru+4].c1ccc(-c2ccnc(-c3ccccn3)c2-c2ccccc2)cc1.c1ccc(-c2ccnc(-c3ccccn3)c2-c2ccccc2)cc1.c1ccc(-c2ccnc(-c3ccccn3)c2-c2ccccc2)cc1. The van der Waals surface area contributed by atoms with E-state index in [4.69, 9.17) is 0 Å². The summed E-state index contributed by atoms with van der Waals surface area (Å²) in [5.74, 6) is 0. The van der Waals surface area contributed by atoms with Crippen LogP contribution in [0.15, 0.2) is 292 Å². The maximum Gasteiger partial charge on any atom is 4.00 e. The maximum absolute atomic E-state index is 4.65. The maximum atomic E-state index is 4.65. The summed E-state index contributed by atoms with van der Waals surface area (Å²) in [4.78, 5) is 27.5. The van der Waals surface area contributed by atoms with Gasteiger partial charge in [-0.15, -0.1) is 0 Å². The van der Waals surface area contributed by atoms with E-state index in [1.165, 1.54) is 16.7 Å². The quantitative estimate of drug-likeness (QED) is 0.199. The fourth-order valence-electron chi connectivity index (χ4n) is 8.74. The first kappa shape index (κ1) is 59.9. The number of benzene rings is 6. The Balaban J connectivity index is 0.000000206. The molecule has 11 heteroatoms. The minimum absolute atomic E-state index is 0. The van der Waals surface area contributed by atoms with E-state index < -0.39 is 0 Å². The van der Waals surface area contributed by atoms with Crippen LogP contribution in [0.1, 0.15) is 0 Å². The third-order valence-corrected chi connectivity index (χ3v) is 12.0. The minimum atomic E-state index is 0. The van der Waals surface area contributed by atoms with Gasteiger partial charge in [0.1, 0.15) is 0 Å². The van der Waals surface area contributed by atoms with Gasteiger partial charge in [-0.25, -0.2) is 0 Å². The first-order chi connectivity index (χ1) is 35.8. The van der Waals surface area contributed by atoms with Gasteiger partial charge in [0.05, 0.1) is 34.2 Å². The van der Waals surface area contributed by atoms with Gasteiger partial charge in [-0.3, -0.25) is 29.9 Å². The van der Waals surface area contributed by atoms with Crippen LogP contribution >= 0.6 is 0 Å². The van der Waals surface area contributed by atoms with E-state index in [0.29, 0.717) is 0 Å². The first-order valence-electron chi connectivity index (χ1n) is 23.8. The molecule has 12 rings (SSSR count). The standard InChI is InChI=1S/3C22H16N2.4ClH.Ru/c3*1-3-9-17(10-4-1)19-14-16-24-22(20-13-7-8-15-23-20)21(19)18-11-5-2-6-12-18;;;;;/h3*1-16H;4*1H;/q;;;;;;;+4/p-4. The molecule has 0 spiro atoms. The molecular formula is C66H48Cl4N6Ru. The van der Waals surface area contributed by atoms with Crippen LogP contribution in [0.5, 0.6) is 0 Å². The van der Waals surface area contributed by atoms with Gasteiger partial charge in [-0.1, -0.05) is 200 Å². The topological polar surface area (TPSA) is 77.3 Å². The van der Waals surface area contributed by atoms with Crippen LogP contribution in [-0.2, 0) is 19.5 Å². The third-order valence-electron chi connectivity index (χ3n) is 12.0. The molecule has 6 nitrogen and oxygen atoms in total. The Kier molecular flexibility index (Phi) is 23.7. The van der Waals surface area contributed by atoms with Gasteiger partial charge in [0, 0.05) is 53.9 Å². The molecule has 77 heavy (non-hydrogen) atoms. The van der Waals surface area contributed by atoms with Crippen LogP contribution < -0.4 is 49.6 Å². The average molecular weight is 1170 g/mol. The summed E-state index contributed by atoms with van der Waals surface area (Å²) in [7, 11) is 0. The number of aromatic nitrogens is 6. The molecular weight excluding hydrogens is 1120 g/mol. The molecule has 0 fully saturated rings. The molecule has 12 aromatic rings. The second-order valence-electron chi connectivity index (χ2n) is 16.6. The number of hydrogen-bond acceptors (Lipinski definition) is 6. The van der Waals surface area contributed by atoms with Gasteiger partial charge in [-0.2, -0.15) is 0 Å². The Morgan fingerprint density at radius 1 is 0.182 bits per heavy atom. The molecule has 0 atom stereocenters. The zero-order valence-corrected chi connectivity index (χ0v) is 46.0. The number of hydrogen-bond donors (Lipinski definition) is 0. The van der Waals surface area contributed by atoms with Crippen molar-refractivity contribution in [2.24, 2.45) is 0 Å². The van der Waals surface area contributed by atoms with Gasteiger partial charge < -0.3 is 49.6 Å². The Morgan fingerprint density at radius 2 is 0.390 bits per heavy atom. The van der Waals surface area contributed by atoms with E-state index in [1.807, 2.05) is 110 Å². The van der Waals surface area contributed by atoms with E-state index in [0.717, 1.165) is 84.2 Å². The number of nitrogens with zero attached hydrogens (tertiary/aromatic N) is 6. The normalized spacial score (nSPS) is 9.82. The predicted molar refractivity (Wildman–Crippen MR) is 295 cm³/mol. The van der Waals surface area contributed by atoms with Crippen LogP contribution in [-0.4, -0.2) is 29.9 Å². The van der Waals surface area contributed by atoms with E-state index in [2.05, 4.69) is 194 Å². The van der Waals surface area contributed by atoms with Crippen molar-refractivity contribution in [1.29, 1.82) is 0 Å². The molecule has 6 heterocycles. The van der Waals surface area contributed by atoms with Crippen molar-refractivity contribution in [1.82, 2.24) is 29.9 Å². The zero-order chi connectivity index (χ0) is 48.6.